The van der Waals surface area contributed by atoms with Gasteiger partial charge in [0.05, 0.1) is 6.54 Å². The Morgan fingerprint density at radius 1 is 1.56 bits per heavy atom. The van der Waals surface area contributed by atoms with Crippen LogP contribution in [0.1, 0.15) is 27.7 Å². The van der Waals surface area contributed by atoms with Crippen LogP contribution in [0, 0.1) is 5.41 Å². The van der Waals surface area contributed by atoms with E-state index in [1.165, 1.54) is 6.92 Å². The fourth-order valence-corrected chi connectivity index (χ4v) is 1.24. The van der Waals surface area contributed by atoms with Crippen molar-refractivity contribution in [1.82, 2.24) is 5.32 Å². The highest BCUT2D eigenvalue weighted by Crippen LogP contribution is 2.34. The first kappa shape index (κ1) is 12.8. The van der Waals surface area contributed by atoms with Crippen molar-refractivity contribution < 1.29 is 24.2 Å². The van der Waals surface area contributed by atoms with E-state index >= 15 is 0 Å². The van der Waals surface area contributed by atoms with E-state index in [0.29, 0.717) is 0 Å². The van der Waals surface area contributed by atoms with Crippen LogP contribution in [0.5, 0.6) is 0 Å². The Balaban J connectivity index is 2.69. The van der Waals surface area contributed by atoms with Crippen molar-refractivity contribution in [2.45, 2.75) is 39.6 Å². The van der Waals surface area contributed by atoms with Crippen molar-refractivity contribution in [1.29, 1.82) is 0 Å². The third kappa shape index (κ3) is 2.63. The number of hydrogen-bond donors (Lipinski definition) is 2. The van der Waals surface area contributed by atoms with Crippen molar-refractivity contribution in [2.24, 2.45) is 5.41 Å². The molecule has 92 valence electrons. The van der Waals surface area contributed by atoms with E-state index in [1.807, 2.05) is 20.8 Å². The zero-order chi connectivity index (χ0) is 12.6. The SMILES string of the molecule is CC(C)(C)[C@@H]1OC(=O)[C@](C)(CNC(=O)O)O1. The maximum absolute atomic E-state index is 11.6. The first-order valence-electron chi connectivity index (χ1n) is 5.01. The largest absolute Gasteiger partial charge is 0.465 e. The summed E-state index contributed by atoms with van der Waals surface area (Å²) in [6.45, 7) is 7.02. The maximum Gasteiger partial charge on any atom is 0.404 e. The molecular weight excluding hydrogens is 214 g/mol. The van der Waals surface area contributed by atoms with Gasteiger partial charge in [0.25, 0.3) is 0 Å². The second kappa shape index (κ2) is 3.93. The average Bonchev–Trinajstić information content (AvgIpc) is 2.40. The molecule has 1 aliphatic heterocycles. The summed E-state index contributed by atoms with van der Waals surface area (Å²) in [5, 5.41) is 10.6. The van der Waals surface area contributed by atoms with Crippen LogP contribution in [0.15, 0.2) is 0 Å². The fraction of sp³-hybridized carbons (Fsp3) is 0.800. The highest BCUT2D eigenvalue weighted by atomic mass is 16.8. The number of hydrogen-bond acceptors (Lipinski definition) is 4. The minimum atomic E-state index is -1.24. The summed E-state index contributed by atoms with van der Waals surface area (Å²) in [5.41, 5.74) is -1.58. The number of carbonyl (C=O) groups excluding carboxylic acids is 1. The molecule has 0 spiro atoms. The number of rotatable bonds is 2. The molecule has 0 unspecified atom stereocenters. The first-order valence-corrected chi connectivity index (χ1v) is 5.01. The van der Waals surface area contributed by atoms with Crippen LogP contribution >= 0.6 is 0 Å². The Hall–Kier alpha value is -1.30. The molecule has 0 bridgehead atoms. The van der Waals surface area contributed by atoms with Crippen molar-refractivity contribution in [3.05, 3.63) is 0 Å². The number of esters is 1. The van der Waals surface area contributed by atoms with E-state index in [4.69, 9.17) is 14.6 Å². The summed E-state index contributed by atoms with van der Waals surface area (Å²) in [5.74, 6) is -0.541. The van der Waals surface area contributed by atoms with Gasteiger partial charge in [-0.3, -0.25) is 0 Å². The van der Waals surface area contributed by atoms with E-state index in [9.17, 15) is 9.59 Å². The molecule has 1 saturated heterocycles. The van der Waals surface area contributed by atoms with E-state index in [2.05, 4.69) is 5.32 Å². The van der Waals surface area contributed by atoms with Gasteiger partial charge in [0.1, 0.15) is 0 Å². The highest BCUT2D eigenvalue weighted by Gasteiger charge is 2.50. The van der Waals surface area contributed by atoms with Crippen molar-refractivity contribution in [2.75, 3.05) is 6.54 Å². The van der Waals surface area contributed by atoms with Crippen LogP contribution in [0.3, 0.4) is 0 Å². The van der Waals surface area contributed by atoms with Gasteiger partial charge in [-0.2, -0.15) is 0 Å². The van der Waals surface area contributed by atoms with Gasteiger partial charge >= 0.3 is 12.1 Å². The molecule has 1 fully saturated rings. The first-order chi connectivity index (χ1) is 7.15. The Morgan fingerprint density at radius 3 is 2.50 bits per heavy atom. The zero-order valence-corrected chi connectivity index (χ0v) is 9.86. The van der Waals surface area contributed by atoms with E-state index in [1.54, 1.807) is 0 Å². The van der Waals surface area contributed by atoms with Gasteiger partial charge in [-0.25, -0.2) is 9.59 Å². The quantitative estimate of drug-likeness (QED) is 0.691. The molecule has 0 aliphatic carbocycles. The van der Waals surface area contributed by atoms with Crippen LogP contribution < -0.4 is 5.32 Å². The molecule has 1 amide bonds. The summed E-state index contributed by atoms with van der Waals surface area (Å²) < 4.78 is 10.6. The predicted octanol–water partition coefficient (Wildman–Crippen LogP) is 0.958. The third-order valence-electron chi connectivity index (χ3n) is 2.30. The lowest BCUT2D eigenvalue weighted by molar-refractivity contribution is -0.155. The smallest absolute Gasteiger partial charge is 0.404 e. The van der Waals surface area contributed by atoms with Crippen LogP contribution in [-0.2, 0) is 14.3 Å². The maximum atomic E-state index is 11.6. The molecular formula is C10H17NO5. The Labute approximate surface area is 93.9 Å². The summed E-state index contributed by atoms with van der Waals surface area (Å²) in [6.07, 6.45) is -1.85. The number of ether oxygens (including phenoxy) is 2. The van der Waals surface area contributed by atoms with Gasteiger partial charge < -0.3 is 19.9 Å². The lowest BCUT2D eigenvalue weighted by Gasteiger charge is -2.26. The molecule has 0 saturated carbocycles. The van der Waals surface area contributed by atoms with Crippen LogP contribution in [-0.4, -0.2) is 35.6 Å². The van der Waals surface area contributed by atoms with Gasteiger partial charge in [-0.05, 0) is 6.92 Å². The molecule has 6 nitrogen and oxygen atoms in total. The molecule has 2 atom stereocenters. The number of amides is 1. The minimum Gasteiger partial charge on any atom is -0.465 e. The average molecular weight is 231 g/mol. The number of cyclic esters (lactones) is 1. The Bertz CT molecular complexity index is 309. The van der Waals surface area contributed by atoms with Crippen LogP contribution in [0.4, 0.5) is 4.79 Å². The van der Waals surface area contributed by atoms with Gasteiger partial charge in [0, 0.05) is 5.41 Å². The van der Waals surface area contributed by atoms with E-state index in [-0.39, 0.29) is 12.0 Å². The lowest BCUT2D eigenvalue weighted by Crippen LogP contribution is -2.45. The second-order valence-corrected chi connectivity index (χ2v) is 5.11. The van der Waals surface area contributed by atoms with Gasteiger partial charge in [0.2, 0.25) is 6.29 Å². The molecule has 0 aromatic rings. The van der Waals surface area contributed by atoms with Crippen molar-refractivity contribution in [3.63, 3.8) is 0 Å². The second-order valence-electron chi connectivity index (χ2n) is 5.11. The molecule has 1 aliphatic rings. The Kier molecular flexibility index (Phi) is 3.14. The van der Waals surface area contributed by atoms with Crippen LogP contribution in [0.25, 0.3) is 0 Å². The Morgan fingerprint density at radius 2 is 2.12 bits per heavy atom. The highest BCUT2D eigenvalue weighted by molar-refractivity contribution is 5.81. The molecule has 2 N–H and O–H groups in total. The zero-order valence-electron chi connectivity index (χ0n) is 9.86. The summed E-state index contributed by atoms with van der Waals surface area (Å²) >= 11 is 0. The molecule has 0 aromatic carbocycles. The molecule has 0 radical (unpaired) electrons. The van der Waals surface area contributed by atoms with Crippen molar-refractivity contribution >= 4 is 12.1 Å². The van der Waals surface area contributed by atoms with Gasteiger partial charge in [0.15, 0.2) is 5.60 Å². The minimum absolute atomic E-state index is 0.117. The number of carboxylic acid groups (broad SMARTS) is 1. The standard InChI is InChI=1S/C10H17NO5/c1-9(2,3)7-15-6(12)10(4,16-7)5-11-8(13)14/h7,11H,5H2,1-4H3,(H,13,14)/t7-,10+/m1/s1. The molecule has 0 aromatic heterocycles. The number of carbonyl (C=O) groups is 2. The van der Waals surface area contributed by atoms with Gasteiger partial charge in [-0.1, -0.05) is 20.8 Å². The topological polar surface area (TPSA) is 84.9 Å². The van der Waals surface area contributed by atoms with Gasteiger partial charge in [-0.15, -0.1) is 0 Å². The number of nitrogens with one attached hydrogen (secondary N) is 1. The molecule has 6 heteroatoms. The summed E-state index contributed by atoms with van der Waals surface area (Å²) in [6, 6.07) is 0. The molecule has 1 heterocycles. The summed E-state index contributed by atoms with van der Waals surface area (Å²) in [4.78, 5) is 22.0. The fourth-order valence-electron chi connectivity index (χ4n) is 1.24. The monoisotopic (exact) mass is 231 g/mol. The third-order valence-corrected chi connectivity index (χ3v) is 2.30. The molecule has 1 rings (SSSR count). The molecule has 16 heavy (non-hydrogen) atoms. The van der Waals surface area contributed by atoms with E-state index in [0.717, 1.165) is 0 Å². The van der Waals surface area contributed by atoms with Crippen LogP contribution in [0.2, 0.25) is 0 Å². The normalized spacial score (nSPS) is 30.0. The van der Waals surface area contributed by atoms with E-state index < -0.39 is 24.0 Å². The lowest BCUT2D eigenvalue weighted by atomic mass is 9.96. The predicted molar refractivity (Wildman–Crippen MR) is 54.9 cm³/mol. The summed E-state index contributed by atoms with van der Waals surface area (Å²) in [7, 11) is 0. The van der Waals surface area contributed by atoms with Crippen molar-refractivity contribution in [3.8, 4) is 0 Å².